The normalized spacial score (nSPS) is 36.7. The molecule has 10 nitrogen and oxygen atoms in total. The average Bonchev–Trinajstić information content (AvgIpc) is 2.94. The summed E-state index contributed by atoms with van der Waals surface area (Å²) in [6.07, 6.45) is -3.19. The molecule has 0 radical (unpaired) electrons. The van der Waals surface area contributed by atoms with E-state index >= 15 is 0 Å². The average molecular weight is 270 g/mol. The summed E-state index contributed by atoms with van der Waals surface area (Å²) in [5.74, 6) is 0.207. The van der Waals surface area contributed by atoms with E-state index in [-0.39, 0.29) is 16.5 Å². The molecule has 1 aromatic heterocycles. The third-order valence-electron chi connectivity index (χ3n) is 3.14. The lowest BCUT2D eigenvalue weighted by molar-refractivity contribution is -0.898. The van der Waals surface area contributed by atoms with E-state index in [0.717, 1.165) is 0 Å². The van der Waals surface area contributed by atoms with Gasteiger partial charge >= 0.3 is 0 Å². The van der Waals surface area contributed by atoms with Gasteiger partial charge in [0.15, 0.2) is 6.10 Å². The van der Waals surface area contributed by atoms with E-state index in [1.807, 2.05) is 0 Å². The zero-order valence-corrected chi connectivity index (χ0v) is 9.59. The van der Waals surface area contributed by atoms with Gasteiger partial charge in [-0.25, -0.2) is 0 Å². The fourth-order valence-corrected chi connectivity index (χ4v) is 2.14. The monoisotopic (exact) mass is 270 g/mol. The predicted molar refractivity (Wildman–Crippen MR) is 57.8 cm³/mol. The van der Waals surface area contributed by atoms with Crippen molar-refractivity contribution in [2.75, 3.05) is 6.61 Å². The van der Waals surface area contributed by atoms with E-state index in [1.165, 1.54) is 6.33 Å². The lowest BCUT2D eigenvalue weighted by Gasteiger charge is -2.16. The standard InChI is InChI=1S/C9H11N5O5/c15-1-3-5(16)6(17)9(19-3)14-7-4(12-13-14)8(18)11-2-10-7/h2-3,5-6,9,15-17H,1H2,(H,10,11,18)/p+1/t3-,5-,6-,9-/m1/s1. The Morgan fingerprint density at radius 3 is 2.89 bits per heavy atom. The molecule has 1 saturated heterocycles. The van der Waals surface area contributed by atoms with Crippen LogP contribution in [-0.4, -0.2) is 56.4 Å². The quantitative estimate of drug-likeness (QED) is 0.381. The van der Waals surface area contributed by atoms with Crippen LogP contribution in [0.15, 0.2) is 21.5 Å². The summed E-state index contributed by atoms with van der Waals surface area (Å²) in [7, 11) is 0. The predicted octanol–water partition coefficient (Wildman–Crippen LogP) is -3.26. The van der Waals surface area contributed by atoms with Crippen molar-refractivity contribution in [2.45, 2.75) is 24.5 Å². The van der Waals surface area contributed by atoms with Gasteiger partial charge in [0.25, 0.3) is 17.6 Å². The van der Waals surface area contributed by atoms with E-state index in [0.29, 0.717) is 0 Å². The number of aromatic nitrogens is 2. The Labute approximate surface area is 106 Å². The number of H-pyrrole nitrogens is 1. The van der Waals surface area contributed by atoms with Crippen molar-refractivity contribution < 1.29 is 25.1 Å². The first-order valence-electron chi connectivity index (χ1n) is 5.62. The zero-order chi connectivity index (χ0) is 13.6. The summed E-state index contributed by atoms with van der Waals surface area (Å²) in [4.78, 5) is 17.8. The number of fused-ring (bicyclic) bond motifs is 1. The molecule has 0 amide bonds. The zero-order valence-electron chi connectivity index (χ0n) is 9.59. The van der Waals surface area contributed by atoms with Crippen molar-refractivity contribution in [2.24, 2.45) is 10.3 Å². The largest absolute Gasteiger partial charge is 0.394 e. The Balaban J connectivity index is 1.93. The van der Waals surface area contributed by atoms with Gasteiger partial charge in [-0.3, -0.25) is 4.79 Å². The molecular formula is C9H12N5O5+. The molecule has 102 valence electrons. The van der Waals surface area contributed by atoms with E-state index in [9.17, 15) is 15.0 Å². The summed E-state index contributed by atoms with van der Waals surface area (Å²) in [6, 6.07) is 0. The highest BCUT2D eigenvalue weighted by Gasteiger charge is 2.51. The first-order valence-corrected chi connectivity index (χ1v) is 5.62. The number of aromatic amines is 1. The molecule has 5 N–H and O–H groups in total. The fraction of sp³-hybridized carbons (Fsp3) is 0.556. The maximum Gasteiger partial charge on any atom is 0.291 e. The van der Waals surface area contributed by atoms with Gasteiger partial charge in [0.05, 0.1) is 6.61 Å². The number of nitrogens with one attached hydrogen (secondary N) is 2. The molecule has 5 atom stereocenters. The van der Waals surface area contributed by atoms with Gasteiger partial charge in [-0.2, -0.15) is 4.98 Å². The molecular weight excluding hydrogens is 258 g/mol. The van der Waals surface area contributed by atoms with Crippen LogP contribution in [0.1, 0.15) is 0 Å². The first kappa shape index (κ1) is 12.3. The smallest absolute Gasteiger partial charge is 0.291 e. The van der Waals surface area contributed by atoms with E-state index < -0.39 is 36.7 Å². The Morgan fingerprint density at radius 2 is 2.21 bits per heavy atom. The van der Waals surface area contributed by atoms with Crippen molar-refractivity contribution in [3.05, 3.63) is 16.7 Å². The SMILES string of the molecule is O=c1[nH]cnc2c1N=N[NH+]2[C@@H]1O[C@H](CO)[C@@H](O)[C@H]1O. The van der Waals surface area contributed by atoms with Gasteiger partial charge in [0.2, 0.25) is 5.69 Å². The van der Waals surface area contributed by atoms with Crippen molar-refractivity contribution in [1.29, 1.82) is 0 Å². The Bertz CT molecular complexity index is 574. The van der Waals surface area contributed by atoms with Crippen molar-refractivity contribution in [3.8, 4) is 0 Å². The van der Waals surface area contributed by atoms with Crippen LogP contribution < -0.4 is 10.6 Å². The Kier molecular flexibility index (Phi) is 2.88. The second kappa shape index (κ2) is 4.43. The topological polar surface area (TPSA) is 145 Å². The number of quaternary nitrogens is 1. The van der Waals surface area contributed by atoms with Crippen molar-refractivity contribution >= 4 is 11.5 Å². The minimum atomic E-state index is -1.27. The molecule has 2 aliphatic rings. The molecule has 1 aromatic rings. The van der Waals surface area contributed by atoms with E-state index in [4.69, 9.17) is 9.84 Å². The van der Waals surface area contributed by atoms with Crippen LogP contribution in [0.2, 0.25) is 0 Å². The summed E-state index contributed by atoms with van der Waals surface area (Å²) < 4.78 is 5.32. The molecule has 2 aliphatic heterocycles. The maximum absolute atomic E-state index is 11.5. The van der Waals surface area contributed by atoms with Gasteiger partial charge < -0.3 is 25.0 Å². The summed E-state index contributed by atoms with van der Waals surface area (Å²) in [6.45, 7) is -0.436. The highest BCUT2D eigenvalue weighted by Crippen LogP contribution is 2.23. The van der Waals surface area contributed by atoms with Gasteiger partial charge in [-0.15, -0.1) is 5.01 Å². The lowest BCUT2D eigenvalue weighted by Crippen LogP contribution is -3.08. The van der Waals surface area contributed by atoms with Crippen LogP contribution in [0.25, 0.3) is 0 Å². The molecule has 3 heterocycles. The van der Waals surface area contributed by atoms with Crippen molar-refractivity contribution in [3.63, 3.8) is 0 Å². The second-order valence-electron chi connectivity index (χ2n) is 4.27. The number of ether oxygens (including phenoxy) is 1. The number of hydrogen-bond acceptors (Lipinski definition) is 8. The third kappa shape index (κ3) is 1.77. The van der Waals surface area contributed by atoms with Crippen LogP contribution in [-0.2, 0) is 4.74 Å². The highest BCUT2D eigenvalue weighted by molar-refractivity contribution is 5.49. The Hall–Kier alpha value is -1.72. The van der Waals surface area contributed by atoms with Crippen LogP contribution in [0.3, 0.4) is 0 Å². The number of hydrogen-bond donors (Lipinski definition) is 5. The minimum absolute atomic E-state index is 0.0373. The fourth-order valence-electron chi connectivity index (χ4n) is 2.14. The molecule has 10 heteroatoms. The first-order chi connectivity index (χ1) is 9.13. The lowest BCUT2D eigenvalue weighted by atomic mass is 10.1. The summed E-state index contributed by atoms with van der Waals surface area (Å²) in [5, 5.41) is 36.2. The molecule has 0 bridgehead atoms. The molecule has 1 unspecified atom stereocenters. The minimum Gasteiger partial charge on any atom is -0.394 e. The molecule has 0 aromatic carbocycles. The van der Waals surface area contributed by atoms with Gasteiger partial charge in [0, 0.05) is 5.22 Å². The van der Waals surface area contributed by atoms with Crippen LogP contribution >= 0.6 is 0 Å². The number of nitrogens with zero attached hydrogens (tertiary/aromatic N) is 3. The second-order valence-corrected chi connectivity index (χ2v) is 4.27. The molecule has 19 heavy (non-hydrogen) atoms. The Morgan fingerprint density at radius 1 is 1.42 bits per heavy atom. The highest BCUT2D eigenvalue weighted by atomic mass is 16.6. The van der Waals surface area contributed by atoms with Crippen LogP contribution in [0, 0.1) is 0 Å². The maximum atomic E-state index is 11.5. The number of aliphatic hydroxyl groups is 3. The molecule has 0 saturated carbocycles. The molecule has 3 rings (SSSR count). The number of rotatable bonds is 2. The molecule has 0 aliphatic carbocycles. The third-order valence-corrected chi connectivity index (χ3v) is 3.14. The number of aliphatic hydroxyl groups excluding tert-OH is 3. The summed E-state index contributed by atoms with van der Waals surface area (Å²) >= 11 is 0. The van der Waals surface area contributed by atoms with E-state index in [1.54, 1.807) is 0 Å². The molecule has 1 fully saturated rings. The van der Waals surface area contributed by atoms with Gasteiger partial charge in [0.1, 0.15) is 18.5 Å². The van der Waals surface area contributed by atoms with Crippen molar-refractivity contribution in [1.82, 2.24) is 9.97 Å². The van der Waals surface area contributed by atoms with E-state index in [2.05, 4.69) is 20.3 Å². The van der Waals surface area contributed by atoms with Crippen LogP contribution in [0.4, 0.5) is 11.5 Å². The molecule has 0 spiro atoms. The van der Waals surface area contributed by atoms with Gasteiger partial charge in [-0.1, -0.05) is 5.11 Å². The summed E-state index contributed by atoms with van der Waals surface area (Å²) in [5.41, 5.74) is -0.411. The van der Waals surface area contributed by atoms with Crippen LogP contribution in [0.5, 0.6) is 0 Å². The van der Waals surface area contributed by atoms with Gasteiger partial charge in [-0.05, 0) is 0 Å².